The first-order valence-corrected chi connectivity index (χ1v) is 8.04. The lowest BCUT2D eigenvalue weighted by Crippen LogP contribution is -2.29. The summed E-state index contributed by atoms with van der Waals surface area (Å²) >= 11 is 0. The Kier molecular flexibility index (Phi) is 5.03. The van der Waals surface area contributed by atoms with Crippen molar-refractivity contribution in [3.63, 3.8) is 0 Å². The first kappa shape index (κ1) is 15.7. The van der Waals surface area contributed by atoms with Crippen LogP contribution in [0.25, 0.3) is 0 Å². The molecule has 0 aromatic heterocycles. The number of halogens is 1. The van der Waals surface area contributed by atoms with Crippen LogP contribution in [0.1, 0.15) is 24.8 Å². The molecule has 3 nitrogen and oxygen atoms in total. The molecule has 0 heterocycles. The standard InChI is InChI=1S/C19H21FN2O/c20-16-7-4-8-17(13-16)21-19(23)11-12-22(18-9-10-18)14-15-5-2-1-3-6-15/h1-8,13,18H,9-12,14H2,(H,21,23). The fourth-order valence-electron chi connectivity index (χ4n) is 2.68. The molecule has 2 aromatic rings. The van der Waals surface area contributed by atoms with Gasteiger partial charge in [0.25, 0.3) is 0 Å². The number of nitrogens with one attached hydrogen (secondary N) is 1. The van der Waals surface area contributed by atoms with Crippen LogP contribution in [0.5, 0.6) is 0 Å². The molecular formula is C19H21FN2O. The fourth-order valence-corrected chi connectivity index (χ4v) is 2.68. The summed E-state index contributed by atoms with van der Waals surface area (Å²) in [5.74, 6) is -0.416. The fraction of sp³-hybridized carbons (Fsp3) is 0.316. The molecule has 0 unspecified atom stereocenters. The van der Waals surface area contributed by atoms with E-state index in [4.69, 9.17) is 0 Å². The van der Waals surface area contributed by atoms with E-state index in [1.165, 1.54) is 30.5 Å². The lowest BCUT2D eigenvalue weighted by Gasteiger charge is -2.21. The van der Waals surface area contributed by atoms with Crippen molar-refractivity contribution >= 4 is 11.6 Å². The number of carbonyl (C=O) groups is 1. The molecule has 3 rings (SSSR count). The van der Waals surface area contributed by atoms with Crippen LogP contribution >= 0.6 is 0 Å². The molecule has 0 aliphatic heterocycles. The van der Waals surface area contributed by atoms with Crippen LogP contribution in [0.2, 0.25) is 0 Å². The SMILES string of the molecule is O=C(CCN(Cc1ccccc1)C1CC1)Nc1cccc(F)c1. The summed E-state index contributed by atoms with van der Waals surface area (Å²) in [6, 6.07) is 16.9. The average Bonchev–Trinajstić information content (AvgIpc) is 3.37. The minimum Gasteiger partial charge on any atom is -0.326 e. The van der Waals surface area contributed by atoms with Crippen LogP contribution in [0.4, 0.5) is 10.1 Å². The predicted octanol–water partition coefficient (Wildman–Crippen LogP) is 3.82. The van der Waals surface area contributed by atoms with Gasteiger partial charge in [-0.1, -0.05) is 36.4 Å². The Bertz CT molecular complexity index is 655. The first-order chi connectivity index (χ1) is 11.2. The third-order valence-electron chi connectivity index (χ3n) is 4.03. The van der Waals surface area contributed by atoms with E-state index >= 15 is 0 Å². The summed E-state index contributed by atoms with van der Waals surface area (Å²) in [5, 5.41) is 2.76. The van der Waals surface area contributed by atoms with Gasteiger partial charge in [-0.05, 0) is 36.6 Å². The molecule has 1 fully saturated rings. The minimum atomic E-state index is -0.341. The topological polar surface area (TPSA) is 32.3 Å². The van der Waals surface area contributed by atoms with Gasteiger partial charge in [-0.25, -0.2) is 4.39 Å². The molecule has 0 spiro atoms. The lowest BCUT2D eigenvalue weighted by molar-refractivity contribution is -0.116. The van der Waals surface area contributed by atoms with Crippen molar-refractivity contribution in [1.82, 2.24) is 4.90 Å². The Morgan fingerprint density at radius 1 is 1.13 bits per heavy atom. The largest absolute Gasteiger partial charge is 0.326 e. The highest BCUT2D eigenvalue weighted by molar-refractivity contribution is 5.90. The number of nitrogens with zero attached hydrogens (tertiary/aromatic N) is 1. The smallest absolute Gasteiger partial charge is 0.225 e. The number of amides is 1. The first-order valence-electron chi connectivity index (χ1n) is 8.04. The molecule has 2 aromatic carbocycles. The lowest BCUT2D eigenvalue weighted by atomic mass is 10.2. The van der Waals surface area contributed by atoms with E-state index in [2.05, 4.69) is 22.3 Å². The highest BCUT2D eigenvalue weighted by Gasteiger charge is 2.28. The Labute approximate surface area is 136 Å². The number of hydrogen-bond acceptors (Lipinski definition) is 2. The van der Waals surface area contributed by atoms with Gasteiger partial charge in [0.05, 0.1) is 0 Å². The van der Waals surface area contributed by atoms with E-state index in [1.54, 1.807) is 12.1 Å². The van der Waals surface area contributed by atoms with Gasteiger partial charge in [0, 0.05) is 31.2 Å². The number of benzene rings is 2. The molecular weight excluding hydrogens is 291 g/mol. The second-order valence-electron chi connectivity index (χ2n) is 6.00. The number of carbonyl (C=O) groups excluding carboxylic acids is 1. The van der Waals surface area contributed by atoms with Crippen molar-refractivity contribution in [3.05, 3.63) is 66.0 Å². The molecule has 1 N–H and O–H groups in total. The average molecular weight is 312 g/mol. The van der Waals surface area contributed by atoms with Crippen LogP contribution in [0, 0.1) is 5.82 Å². The van der Waals surface area contributed by atoms with Gasteiger partial charge in [0.1, 0.15) is 5.82 Å². The normalized spacial score (nSPS) is 14.0. The summed E-state index contributed by atoms with van der Waals surface area (Å²) in [4.78, 5) is 14.4. The highest BCUT2D eigenvalue weighted by atomic mass is 19.1. The second-order valence-corrected chi connectivity index (χ2v) is 6.00. The molecule has 1 saturated carbocycles. The van der Waals surface area contributed by atoms with E-state index in [-0.39, 0.29) is 11.7 Å². The van der Waals surface area contributed by atoms with Crippen LogP contribution < -0.4 is 5.32 Å². The minimum absolute atomic E-state index is 0.0747. The summed E-state index contributed by atoms with van der Waals surface area (Å²) in [7, 11) is 0. The summed E-state index contributed by atoms with van der Waals surface area (Å²) in [5.41, 5.74) is 1.78. The van der Waals surface area contributed by atoms with Gasteiger partial charge in [0.2, 0.25) is 5.91 Å². The Morgan fingerprint density at radius 2 is 1.91 bits per heavy atom. The van der Waals surface area contributed by atoms with Gasteiger partial charge in [-0.2, -0.15) is 0 Å². The van der Waals surface area contributed by atoms with Crippen LogP contribution in [0.3, 0.4) is 0 Å². The molecule has 1 aliphatic rings. The van der Waals surface area contributed by atoms with E-state index in [1.807, 2.05) is 18.2 Å². The molecule has 0 atom stereocenters. The van der Waals surface area contributed by atoms with E-state index < -0.39 is 0 Å². The third kappa shape index (κ3) is 4.89. The Balaban J connectivity index is 1.51. The predicted molar refractivity (Wildman–Crippen MR) is 89.5 cm³/mol. The number of anilines is 1. The number of hydrogen-bond donors (Lipinski definition) is 1. The maximum atomic E-state index is 13.1. The second kappa shape index (κ2) is 7.38. The Morgan fingerprint density at radius 3 is 2.61 bits per heavy atom. The van der Waals surface area contributed by atoms with Gasteiger partial charge in [-0.15, -0.1) is 0 Å². The molecule has 120 valence electrons. The van der Waals surface area contributed by atoms with Gasteiger partial charge < -0.3 is 5.32 Å². The van der Waals surface area contributed by atoms with Crippen molar-refractivity contribution < 1.29 is 9.18 Å². The summed E-state index contributed by atoms with van der Waals surface area (Å²) in [6.07, 6.45) is 2.83. The Hall–Kier alpha value is -2.20. The zero-order chi connectivity index (χ0) is 16.1. The molecule has 4 heteroatoms. The molecule has 0 bridgehead atoms. The van der Waals surface area contributed by atoms with E-state index in [9.17, 15) is 9.18 Å². The van der Waals surface area contributed by atoms with Gasteiger partial charge >= 0.3 is 0 Å². The van der Waals surface area contributed by atoms with Crippen molar-refractivity contribution in [1.29, 1.82) is 0 Å². The van der Waals surface area contributed by atoms with E-state index in [0.29, 0.717) is 18.2 Å². The van der Waals surface area contributed by atoms with Crippen molar-refractivity contribution in [3.8, 4) is 0 Å². The highest BCUT2D eigenvalue weighted by Crippen LogP contribution is 2.28. The third-order valence-corrected chi connectivity index (χ3v) is 4.03. The monoisotopic (exact) mass is 312 g/mol. The summed E-state index contributed by atoms with van der Waals surface area (Å²) < 4.78 is 13.1. The molecule has 1 aliphatic carbocycles. The van der Waals surface area contributed by atoms with Crippen LogP contribution in [0.15, 0.2) is 54.6 Å². The van der Waals surface area contributed by atoms with Crippen molar-refractivity contribution in [2.75, 3.05) is 11.9 Å². The van der Waals surface area contributed by atoms with E-state index in [0.717, 1.165) is 13.1 Å². The quantitative estimate of drug-likeness (QED) is 0.843. The molecule has 1 amide bonds. The number of rotatable bonds is 7. The molecule has 0 saturated heterocycles. The maximum Gasteiger partial charge on any atom is 0.225 e. The summed E-state index contributed by atoms with van der Waals surface area (Å²) in [6.45, 7) is 1.60. The van der Waals surface area contributed by atoms with Gasteiger partial charge in [-0.3, -0.25) is 9.69 Å². The maximum absolute atomic E-state index is 13.1. The van der Waals surface area contributed by atoms with Crippen LogP contribution in [-0.4, -0.2) is 23.4 Å². The van der Waals surface area contributed by atoms with Crippen LogP contribution in [-0.2, 0) is 11.3 Å². The zero-order valence-corrected chi connectivity index (χ0v) is 13.0. The molecule has 23 heavy (non-hydrogen) atoms. The van der Waals surface area contributed by atoms with Crippen molar-refractivity contribution in [2.45, 2.75) is 31.8 Å². The molecule has 0 radical (unpaired) electrons. The van der Waals surface area contributed by atoms with Crippen molar-refractivity contribution in [2.24, 2.45) is 0 Å². The van der Waals surface area contributed by atoms with Gasteiger partial charge in [0.15, 0.2) is 0 Å². The zero-order valence-electron chi connectivity index (χ0n) is 13.0.